The van der Waals surface area contributed by atoms with Crippen LogP contribution in [-0.2, 0) is 6.54 Å². The zero-order valence-corrected chi connectivity index (χ0v) is 14.6. The maximum absolute atomic E-state index is 12.0. The smallest absolute Gasteiger partial charge is 0.253 e. The summed E-state index contributed by atoms with van der Waals surface area (Å²) >= 11 is 0. The van der Waals surface area contributed by atoms with Gasteiger partial charge in [-0.05, 0) is 35.9 Å². The van der Waals surface area contributed by atoms with E-state index in [0.717, 1.165) is 11.1 Å². The van der Waals surface area contributed by atoms with Gasteiger partial charge in [-0.1, -0.05) is 12.1 Å². The number of primary amides is 1. The fraction of sp³-hybridized carbons (Fsp3) is 0.0500. The second-order valence-electron chi connectivity index (χ2n) is 6.38. The van der Waals surface area contributed by atoms with E-state index in [0.29, 0.717) is 16.6 Å². The number of fused-ring (bicyclic) bond motifs is 1. The van der Waals surface area contributed by atoms with Crippen molar-refractivity contribution in [2.24, 2.45) is 5.73 Å². The first-order chi connectivity index (χ1) is 13.4. The minimum absolute atomic E-state index is 0.118. The zero-order chi connectivity index (χ0) is 19.8. The Morgan fingerprint density at radius 1 is 1.07 bits per heavy atom. The van der Waals surface area contributed by atoms with Gasteiger partial charge in [0.15, 0.2) is 0 Å². The molecule has 0 aliphatic heterocycles. The number of nitrogens with one attached hydrogen (secondary N) is 3. The van der Waals surface area contributed by atoms with Crippen molar-refractivity contribution in [3.05, 3.63) is 80.2 Å². The van der Waals surface area contributed by atoms with Crippen molar-refractivity contribution < 1.29 is 9.90 Å². The van der Waals surface area contributed by atoms with E-state index in [4.69, 9.17) is 5.73 Å². The van der Waals surface area contributed by atoms with Gasteiger partial charge in [0.05, 0.1) is 5.56 Å². The molecular weight excluding hydrogens is 360 g/mol. The maximum atomic E-state index is 12.0. The van der Waals surface area contributed by atoms with Crippen LogP contribution in [0.25, 0.3) is 10.9 Å². The predicted octanol–water partition coefficient (Wildman–Crippen LogP) is 1.92. The third kappa shape index (κ3) is 2.96. The highest BCUT2D eigenvalue weighted by molar-refractivity contribution is 6.06. The number of carbonyl (C=O) groups excluding carboxylic acids is 1. The summed E-state index contributed by atoms with van der Waals surface area (Å²) in [5, 5.41) is 16.0. The lowest BCUT2D eigenvalue weighted by molar-refractivity contribution is 0.100. The molecule has 0 radical (unpaired) electrons. The number of rotatable bonds is 6. The van der Waals surface area contributed by atoms with E-state index in [-0.39, 0.29) is 23.7 Å². The second kappa shape index (κ2) is 6.58. The summed E-state index contributed by atoms with van der Waals surface area (Å²) in [6.45, 7) is 0.274. The maximum Gasteiger partial charge on any atom is 0.253 e. The number of carbonyl (C=O) groups is 1. The fourth-order valence-electron chi connectivity index (χ4n) is 3.08. The molecule has 0 aliphatic carbocycles. The standard InChI is InChI=1S/C20H16N4O4/c21-20(28)14-9-22-15-5-4-11(7-13(14)15)24-17-16(18(26)19(17)27)23-8-10-2-1-3-12(25)6-10/h1-7,9,22-25H,8H2,(H2,21,28). The number of nitrogens with two attached hydrogens (primary N) is 1. The van der Waals surface area contributed by atoms with Crippen LogP contribution in [0, 0.1) is 0 Å². The molecular formula is C20H16N4O4. The Hall–Kier alpha value is -4.07. The van der Waals surface area contributed by atoms with Crippen LogP contribution in [0.2, 0.25) is 0 Å². The van der Waals surface area contributed by atoms with E-state index in [1.807, 2.05) is 0 Å². The Bertz CT molecular complexity index is 1280. The van der Waals surface area contributed by atoms with Crippen molar-refractivity contribution in [1.82, 2.24) is 4.98 Å². The molecule has 1 heterocycles. The highest BCUT2D eigenvalue weighted by Crippen LogP contribution is 2.26. The van der Waals surface area contributed by atoms with E-state index in [9.17, 15) is 19.5 Å². The minimum atomic E-state index is -0.623. The lowest BCUT2D eigenvalue weighted by atomic mass is 10.1. The molecule has 140 valence electrons. The molecule has 3 aromatic carbocycles. The summed E-state index contributed by atoms with van der Waals surface area (Å²) < 4.78 is 0. The van der Waals surface area contributed by atoms with Gasteiger partial charge in [0, 0.05) is 29.3 Å². The van der Waals surface area contributed by atoms with Crippen molar-refractivity contribution >= 4 is 33.9 Å². The molecule has 28 heavy (non-hydrogen) atoms. The van der Waals surface area contributed by atoms with Crippen LogP contribution in [0.5, 0.6) is 5.75 Å². The topological polar surface area (TPSA) is 137 Å². The van der Waals surface area contributed by atoms with Crippen molar-refractivity contribution in [2.45, 2.75) is 6.54 Å². The molecule has 0 spiro atoms. The number of aromatic hydroxyl groups is 1. The summed E-state index contributed by atoms with van der Waals surface area (Å²) in [5.74, 6) is -0.446. The van der Waals surface area contributed by atoms with Gasteiger partial charge in [0.2, 0.25) is 0 Å². The van der Waals surface area contributed by atoms with E-state index in [2.05, 4.69) is 15.6 Å². The highest BCUT2D eigenvalue weighted by atomic mass is 16.3. The molecule has 0 aliphatic rings. The zero-order valence-electron chi connectivity index (χ0n) is 14.6. The first-order valence-electron chi connectivity index (χ1n) is 8.47. The number of H-pyrrole nitrogens is 1. The fourth-order valence-corrected chi connectivity index (χ4v) is 3.08. The van der Waals surface area contributed by atoms with E-state index >= 15 is 0 Å². The van der Waals surface area contributed by atoms with Gasteiger partial charge in [-0.25, -0.2) is 0 Å². The lowest BCUT2D eigenvalue weighted by Gasteiger charge is -2.15. The van der Waals surface area contributed by atoms with Gasteiger partial charge >= 0.3 is 0 Å². The Balaban J connectivity index is 1.59. The molecule has 0 saturated heterocycles. The molecule has 1 aromatic heterocycles. The van der Waals surface area contributed by atoms with Gasteiger partial charge in [-0.2, -0.15) is 0 Å². The molecule has 0 bridgehead atoms. The van der Waals surface area contributed by atoms with Crippen LogP contribution in [0.3, 0.4) is 0 Å². The quantitative estimate of drug-likeness (QED) is 0.326. The molecule has 0 atom stereocenters. The van der Waals surface area contributed by atoms with Crippen LogP contribution in [-0.4, -0.2) is 16.0 Å². The molecule has 4 rings (SSSR count). The summed E-state index contributed by atoms with van der Waals surface area (Å²) in [7, 11) is 0. The Kier molecular flexibility index (Phi) is 4.08. The molecule has 0 saturated carbocycles. The van der Waals surface area contributed by atoms with Gasteiger partial charge in [0.25, 0.3) is 16.8 Å². The average molecular weight is 376 g/mol. The van der Waals surface area contributed by atoms with Crippen molar-refractivity contribution in [2.75, 3.05) is 10.6 Å². The molecule has 0 fully saturated rings. The van der Waals surface area contributed by atoms with Crippen LogP contribution in [0.1, 0.15) is 15.9 Å². The largest absolute Gasteiger partial charge is 0.508 e. The van der Waals surface area contributed by atoms with Gasteiger partial charge < -0.3 is 26.5 Å². The second-order valence-corrected chi connectivity index (χ2v) is 6.38. The number of phenolic OH excluding ortho intramolecular Hbond substituents is 1. The van der Waals surface area contributed by atoms with Gasteiger partial charge in [-0.3, -0.25) is 14.4 Å². The van der Waals surface area contributed by atoms with Gasteiger partial charge in [-0.15, -0.1) is 0 Å². The Morgan fingerprint density at radius 3 is 2.61 bits per heavy atom. The number of hydrogen-bond acceptors (Lipinski definition) is 6. The van der Waals surface area contributed by atoms with E-state index in [1.54, 1.807) is 42.5 Å². The number of aromatic amines is 1. The van der Waals surface area contributed by atoms with Crippen molar-refractivity contribution in [1.29, 1.82) is 0 Å². The van der Waals surface area contributed by atoms with Gasteiger partial charge in [0.1, 0.15) is 17.1 Å². The summed E-state index contributed by atoms with van der Waals surface area (Å²) in [6.07, 6.45) is 1.52. The number of aromatic nitrogens is 1. The van der Waals surface area contributed by atoms with Crippen molar-refractivity contribution in [3.63, 3.8) is 0 Å². The molecule has 0 unspecified atom stereocenters. The number of anilines is 3. The Morgan fingerprint density at radius 2 is 1.86 bits per heavy atom. The van der Waals surface area contributed by atoms with Crippen LogP contribution in [0.15, 0.2) is 58.3 Å². The number of benzene rings is 2. The molecule has 8 heteroatoms. The van der Waals surface area contributed by atoms with Crippen LogP contribution < -0.4 is 27.2 Å². The average Bonchev–Trinajstić information content (AvgIpc) is 3.10. The van der Waals surface area contributed by atoms with Crippen molar-refractivity contribution in [3.8, 4) is 5.75 Å². The highest BCUT2D eigenvalue weighted by Gasteiger charge is 2.21. The normalized spacial score (nSPS) is 11.0. The third-order valence-corrected chi connectivity index (χ3v) is 4.51. The van der Waals surface area contributed by atoms with E-state index < -0.39 is 16.8 Å². The minimum Gasteiger partial charge on any atom is -0.508 e. The lowest BCUT2D eigenvalue weighted by Crippen LogP contribution is -2.36. The molecule has 4 aromatic rings. The van der Waals surface area contributed by atoms with Crippen LogP contribution >= 0.6 is 0 Å². The van der Waals surface area contributed by atoms with E-state index in [1.165, 1.54) is 6.20 Å². The molecule has 8 nitrogen and oxygen atoms in total. The third-order valence-electron chi connectivity index (χ3n) is 4.51. The summed E-state index contributed by atoms with van der Waals surface area (Å²) in [6, 6.07) is 11.7. The summed E-state index contributed by atoms with van der Waals surface area (Å²) in [5.41, 5.74) is 6.84. The number of hydrogen-bond donors (Lipinski definition) is 5. The first-order valence-corrected chi connectivity index (χ1v) is 8.47. The monoisotopic (exact) mass is 376 g/mol. The molecule has 1 amide bonds. The number of phenols is 1. The number of amides is 1. The predicted molar refractivity (Wildman–Crippen MR) is 107 cm³/mol. The SMILES string of the molecule is NC(=O)c1c[nH]c2ccc(Nc3c(NCc4cccc(O)c4)c(=O)c3=O)cc12. The summed E-state index contributed by atoms with van der Waals surface area (Å²) in [4.78, 5) is 38.4. The van der Waals surface area contributed by atoms with Crippen LogP contribution in [0.4, 0.5) is 17.1 Å². The first kappa shape index (κ1) is 17.3. The Labute approximate surface area is 158 Å². The molecule has 6 N–H and O–H groups in total.